The Morgan fingerprint density at radius 1 is 1.35 bits per heavy atom. The van der Waals surface area contributed by atoms with E-state index in [1.165, 1.54) is 16.7 Å². The number of hydrogen-bond acceptors (Lipinski definition) is 1. The Hall–Kier alpha value is -1.89. The lowest BCUT2D eigenvalue weighted by atomic mass is 10.00. The van der Waals surface area contributed by atoms with Gasteiger partial charge in [0.1, 0.15) is 0 Å². The van der Waals surface area contributed by atoms with E-state index in [-0.39, 0.29) is 0 Å². The highest BCUT2D eigenvalue weighted by molar-refractivity contribution is 6.13. The van der Waals surface area contributed by atoms with Crippen LogP contribution in [0.25, 0.3) is 0 Å². The Morgan fingerprint density at radius 3 is 2.80 bits per heavy atom. The summed E-state index contributed by atoms with van der Waals surface area (Å²) in [6, 6.07) is 0. The van der Waals surface area contributed by atoms with Crippen LogP contribution in [0.1, 0.15) is 34.1 Å². The average molecular weight is 267 g/mol. The van der Waals surface area contributed by atoms with Crippen molar-refractivity contribution in [3.8, 4) is 0 Å². The second-order valence-corrected chi connectivity index (χ2v) is 5.10. The van der Waals surface area contributed by atoms with Crippen LogP contribution >= 0.6 is 0 Å². The molecule has 0 saturated heterocycles. The molecule has 0 aromatic carbocycles. The summed E-state index contributed by atoms with van der Waals surface area (Å²) >= 11 is 0. The SMILES string of the molecule is C=C(/C=C(C)\C=C\C)C1=NCC/C=C/C=C(/C)C=C1C. The minimum absolute atomic E-state index is 0.805. The molecule has 1 aliphatic rings. The molecule has 1 aliphatic heterocycles. The summed E-state index contributed by atoms with van der Waals surface area (Å²) in [6.07, 6.45) is 15.7. The van der Waals surface area contributed by atoms with Crippen LogP contribution in [0, 0.1) is 0 Å². The van der Waals surface area contributed by atoms with E-state index >= 15 is 0 Å². The molecule has 0 fully saturated rings. The van der Waals surface area contributed by atoms with Crippen molar-refractivity contribution < 1.29 is 0 Å². The van der Waals surface area contributed by atoms with Crippen molar-refractivity contribution in [3.05, 3.63) is 71.4 Å². The van der Waals surface area contributed by atoms with Crippen LogP contribution in [-0.2, 0) is 0 Å². The summed E-state index contributed by atoms with van der Waals surface area (Å²) < 4.78 is 0. The Balaban J connectivity index is 3.09. The number of nitrogens with zero attached hydrogens (tertiary/aromatic N) is 1. The number of hydrogen-bond donors (Lipinski definition) is 0. The first-order valence-electron chi connectivity index (χ1n) is 7.11. The van der Waals surface area contributed by atoms with Crippen molar-refractivity contribution in [2.24, 2.45) is 4.99 Å². The van der Waals surface area contributed by atoms with Gasteiger partial charge in [0, 0.05) is 6.54 Å². The second kappa shape index (κ2) is 8.31. The van der Waals surface area contributed by atoms with Gasteiger partial charge in [0.2, 0.25) is 0 Å². The van der Waals surface area contributed by atoms with Crippen LogP contribution in [0.4, 0.5) is 0 Å². The monoisotopic (exact) mass is 267 g/mol. The summed E-state index contributed by atoms with van der Waals surface area (Å²) in [4.78, 5) is 4.72. The van der Waals surface area contributed by atoms with Crippen LogP contribution in [0.3, 0.4) is 0 Å². The lowest BCUT2D eigenvalue weighted by Crippen LogP contribution is -2.05. The van der Waals surface area contributed by atoms with Gasteiger partial charge in [-0.3, -0.25) is 4.99 Å². The lowest BCUT2D eigenvalue weighted by Gasteiger charge is -2.09. The quantitative estimate of drug-likeness (QED) is 0.610. The summed E-state index contributed by atoms with van der Waals surface area (Å²) in [7, 11) is 0. The molecule has 1 heteroatoms. The predicted octanol–water partition coefficient (Wildman–Crippen LogP) is 5.36. The third-order valence-corrected chi connectivity index (χ3v) is 3.01. The first kappa shape index (κ1) is 16.2. The molecule has 0 N–H and O–H groups in total. The van der Waals surface area contributed by atoms with E-state index in [2.05, 4.69) is 63.8 Å². The average Bonchev–Trinajstić information content (AvgIpc) is 2.37. The van der Waals surface area contributed by atoms with Crippen molar-refractivity contribution in [2.45, 2.75) is 34.1 Å². The normalized spacial score (nSPS) is 21.8. The highest BCUT2D eigenvalue weighted by Gasteiger charge is 2.06. The number of rotatable bonds is 3. The zero-order chi connectivity index (χ0) is 15.0. The van der Waals surface area contributed by atoms with Gasteiger partial charge >= 0.3 is 0 Å². The maximum Gasteiger partial charge on any atom is 0.0670 e. The van der Waals surface area contributed by atoms with Gasteiger partial charge in [0.05, 0.1) is 5.71 Å². The molecule has 0 radical (unpaired) electrons. The molecule has 0 unspecified atom stereocenters. The zero-order valence-electron chi connectivity index (χ0n) is 13.1. The lowest BCUT2D eigenvalue weighted by molar-refractivity contribution is 1.00. The molecule has 0 bridgehead atoms. The molecule has 0 atom stereocenters. The zero-order valence-corrected chi connectivity index (χ0v) is 13.1. The fourth-order valence-corrected chi connectivity index (χ4v) is 2.16. The molecule has 0 aromatic rings. The molecule has 1 rings (SSSR count). The van der Waals surface area contributed by atoms with Gasteiger partial charge in [0.25, 0.3) is 0 Å². The Labute approximate surface area is 123 Å². The number of allylic oxidation sites excluding steroid dienone is 10. The first-order chi connectivity index (χ1) is 9.54. The van der Waals surface area contributed by atoms with Crippen molar-refractivity contribution in [1.82, 2.24) is 0 Å². The van der Waals surface area contributed by atoms with Gasteiger partial charge in [-0.2, -0.15) is 0 Å². The molecule has 1 nitrogen and oxygen atoms in total. The highest BCUT2D eigenvalue weighted by Crippen LogP contribution is 2.14. The third kappa shape index (κ3) is 5.40. The van der Waals surface area contributed by atoms with Crippen LogP contribution in [0.2, 0.25) is 0 Å². The molecule has 0 aliphatic carbocycles. The maximum absolute atomic E-state index is 4.72. The fourth-order valence-electron chi connectivity index (χ4n) is 2.16. The summed E-state index contributed by atoms with van der Waals surface area (Å²) in [6.45, 7) is 13.3. The van der Waals surface area contributed by atoms with Crippen molar-refractivity contribution in [2.75, 3.05) is 6.54 Å². The van der Waals surface area contributed by atoms with Crippen molar-refractivity contribution in [3.63, 3.8) is 0 Å². The standard InChI is InChI=1S/C19H25N/c1-6-10-15(2)13-17(4)19-18(5)14-16(3)11-8-7-9-12-20-19/h6-8,10-11,13-14H,4,9,12H2,1-3,5H3/b8-7+,10-6+,15-13-,16-11-,18-14?,20-19?. The van der Waals surface area contributed by atoms with Crippen LogP contribution in [-0.4, -0.2) is 12.3 Å². The molecule has 0 amide bonds. The van der Waals surface area contributed by atoms with E-state index in [1.54, 1.807) is 0 Å². The Bertz CT molecular complexity index is 534. The highest BCUT2D eigenvalue weighted by atomic mass is 14.7. The third-order valence-electron chi connectivity index (χ3n) is 3.01. The minimum atomic E-state index is 0.805. The van der Waals surface area contributed by atoms with E-state index < -0.39 is 0 Å². The van der Waals surface area contributed by atoms with Gasteiger partial charge in [-0.15, -0.1) is 0 Å². The minimum Gasteiger partial charge on any atom is -0.284 e. The Morgan fingerprint density at radius 2 is 2.10 bits per heavy atom. The van der Waals surface area contributed by atoms with Crippen molar-refractivity contribution in [1.29, 1.82) is 0 Å². The topological polar surface area (TPSA) is 12.4 Å². The summed E-state index contributed by atoms with van der Waals surface area (Å²) in [5.74, 6) is 0. The smallest absolute Gasteiger partial charge is 0.0670 e. The second-order valence-electron chi connectivity index (χ2n) is 5.10. The maximum atomic E-state index is 4.72. The molecule has 0 aromatic heterocycles. The van der Waals surface area contributed by atoms with Gasteiger partial charge in [-0.25, -0.2) is 0 Å². The van der Waals surface area contributed by atoms with E-state index in [0.29, 0.717) is 0 Å². The summed E-state index contributed by atoms with van der Waals surface area (Å²) in [5.41, 5.74) is 5.58. The predicted molar refractivity (Wildman–Crippen MR) is 91.3 cm³/mol. The van der Waals surface area contributed by atoms with E-state index in [0.717, 1.165) is 24.3 Å². The van der Waals surface area contributed by atoms with Crippen LogP contribution in [0.5, 0.6) is 0 Å². The van der Waals surface area contributed by atoms with Crippen LogP contribution < -0.4 is 0 Å². The number of aliphatic imine (C=N–C) groups is 1. The molecule has 0 saturated carbocycles. The summed E-state index contributed by atoms with van der Waals surface area (Å²) in [5, 5.41) is 0. The molecule has 0 spiro atoms. The molecule has 1 heterocycles. The van der Waals surface area contributed by atoms with E-state index in [1.807, 2.05) is 13.0 Å². The molecular formula is C19H25N. The van der Waals surface area contributed by atoms with Gasteiger partial charge in [-0.05, 0) is 45.3 Å². The van der Waals surface area contributed by atoms with Gasteiger partial charge in [0.15, 0.2) is 0 Å². The molecule has 106 valence electrons. The van der Waals surface area contributed by atoms with Gasteiger partial charge in [-0.1, -0.05) is 60.3 Å². The molecular weight excluding hydrogens is 242 g/mol. The van der Waals surface area contributed by atoms with Crippen molar-refractivity contribution >= 4 is 5.71 Å². The van der Waals surface area contributed by atoms with E-state index in [4.69, 9.17) is 4.99 Å². The molecule has 20 heavy (non-hydrogen) atoms. The van der Waals surface area contributed by atoms with Crippen LogP contribution in [0.15, 0.2) is 76.4 Å². The van der Waals surface area contributed by atoms with Gasteiger partial charge < -0.3 is 0 Å². The largest absolute Gasteiger partial charge is 0.284 e. The Kier molecular flexibility index (Phi) is 6.72. The van der Waals surface area contributed by atoms with E-state index in [9.17, 15) is 0 Å². The first-order valence-corrected chi connectivity index (χ1v) is 7.11. The fraction of sp³-hybridized carbons (Fsp3) is 0.316.